The second-order valence-electron chi connectivity index (χ2n) is 4.82. The van der Waals surface area contributed by atoms with Gasteiger partial charge in [0.25, 0.3) is 0 Å². The van der Waals surface area contributed by atoms with E-state index in [9.17, 15) is 0 Å². The van der Waals surface area contributed by atoms with Gasteiger partial charge in [0.2, 0.25) is 6.39 Å². The van der Waals surface area contributed by atoms with E-state index in [1.165, 1.54) is 12.8 Å². The second-order valence-corrected chi connectivity index (χ2v) is 4.82. The van der Waals surface area contributed by atoms with Gasteiger partial charge in [-0.1, -0.05) is 31.8 Å². The van der Waals surface area contributed by atoms with Gasteiger partial charge in [0.1, 0.15) is 0 Å². The Hall–Kier alpha value is -0.900. The van der Waals surface area contributed by atoms with Gasteiger partial charge in [0, 0.05) is 0 Å². The molecule has 0 radical (unpaired) electrons. The largest absolute Gasteiger partial charge is 0.343 e. The van der Waals surface area contributed by atoms with Gasteiger partial charge >= 0.3 is 0 Å². The Morgan fingerprint density at radius 3 is 2.64 bits per heavy atom. The minimum Gasteiger partial charge on any atom is -0.343 e. The van der Waals surface area contributed by atoms with Gasteiger partial charge in [0.15, 0.2) is 5.82 Å². The zero-order valence-electron chi connectivity index (χ0n) is 8.79. The molecule has 4 nitrogen and oxygen atoms in total. The van der Waals surface area contributed by atoms with Crippen molar-refractivity contribution < 1.29 is 4.52 Å². The van der Waals surface area contributed by atoms with Crippen LogP contribution < -0.4 is 5.73 Å². The third-order valence-electron chi connectivity index (χ3n) is 3.59. The number of rotatable bonds is 1. The van der Waals surface area contributed by atoms with Crippen LogP contribution in [-0.4, -0.2) is 10.1 Å². The summed E-state index contributed by atoms with van der Waals surface area (Å²) in [7, 11) is 0. The minimum absolute atomic E-state index is 0.0507. The number of nitrogens with two attached hydrogens (primary N) is 1. The molecule has 4 heteroatoms. The van der Waals surface area contributed by atoms with Gasteiger partial charge in [0.05, 0.1) is 5.54 Å². The van der Waals surface area contributed by atoms with Crippen LogP contribution in [0, 0.1) is 5.41 Å². The topological polar surface area (TPSA) is 64.9 Å². The monoisotopic (exact) mass is 195 g/mol. The van der Waals surface area contributed by atoms with Crippen LogP contribution in [0.25, 0.3) is 0 Å². The van der Waals surface area contributed by atoms with Crippen molar-refractivity contribution in [1.29, 1.82) is 0 Å². The van der Waals surface area contributed by atoms with Crippen LogP contribution in [0.4, 0.5) is 0 Å². The van der Waals surface area contributed by atoms with Gasteiger partial charge in [-0.25, -0.2) is 0 Å². The standard InChI is InChI=1S/C10H17N3O/c1-9(2)5-3-4-6-10(9,11)8-12-7-14-13-8/h7H,3-6,11H2,1-2H3. The molecule has 0 aliphatic heterocycles. The van der Waals surface area contributed by atoms with Crippen molar-refractivity contribution in [2.45, 2.75) is 45.1 Å². The van der Waals surface area contributed by atoms with E-state index in [1.807, 2.05) is 0 Å². The summed E-state index contributed by atoms with van der Waals surface area (Å²) >= 11 is 0. The molecular formula is C10H17N3O. The molecule has 1 saturated carbocycles. The molecule has 0 aromatic carbocycles. The predicted octanol–water partition coefficient (Wildman–Crippen LogP) is 1.82. The van der Waals surface area contributed by atoms with E-state index in [0.29, 0.717) is 5.82 Å². The van der Waals surface area contributed by atoms with Crippen molar-refractivity contribution in [3.8, 4) is 0 Å². The summed E-state index contributed by atoms with van der Waals surface area (Å²) in [4.78, 5) is 4.10. The maximum Gasteiger partial charge on any atom is 0.213 e. The van der Waals surface area contributed by atoms with Crippen LogP contribution in [-0.2, 0) is 5.54 Å². The lowest BCUT2D eigenvalue weighted by molar-refractivity contribution is 0.0872. The molecule has 2 rings (SSSR count). The number of nitrogens with zero attached hydrogens (tertiary/aromatic N) is 2. The molecule has 1 aromatic heterocycles. The molecule has 0 spiro atoms. The lowest BCUT2D eigenvalue weighted by Gasteiger charge is -2.45. The molecule has 2 N–H and O–H groups in total. The van der Waals surface area contributed by atoms with E-state index in [4.69, 9.17) is 10.3 Å². The number of hydrogen-bond acceptors (Lipinski definition) is 4. The molecule has 1 unspecified atom stereocenters. The fourth-order valence-corrected chi connectivity index (χ4v) is 2.31. The maximum absolute atomic E-state index is 6.42. The Labute approximate surface area is 83.9 Å². The first-order valence-corrected chi connectivity index (χ1v) is 5.12. The summed E-state index contributed by atoms with van der Waals surface area (Å²) in [6.07, 6.45) is 5.81. The van der Waals surface area contributed by atoms with E-state index in [0.717, 1.165) is 19.3 Å². The SMILES string of the molecule is CC1(C)CCCCC1(N)c1ncon1. The van der Waals surface area contributed by atoms with Gasteiger partial charge in [-0.3, -0.25) is 0 Å². The summed E-state index contributed by atoms with van der Waals surface area (Å²) in [5.41, 5.74) is 6.05. The van der Waals surface area contributed by atoms with E-state index < -0.39 is 5.54 Å². The van der Waals surface area contributed by atoms with Crippen molar-refractivity contribution in [3.05, 3.63) is 12.2 Å². The summed E-state index contributed by atoms with van der Waals surface area (Å²) in [5, 5.41) is 3.90. The first-order valence-electron chi connectivity index (χ1n) is 5.12. The maximum atomic E-state index is 6.42. The highest BCUT2D eigenvalue weighted by atomic mass is 16.5. The quantitative estimate of drug-likeness (QED) is 0.742. The predicted molar refractivity (Wildman–Crippen MR) is 52.4 cm³/mol. The summed E-state index contributed by atoms with van der Waals surface area (Å²) < 4.78 is 4.79. The molecule has 1 atom stereocenters. The Morgan fingerprint density at radius 1 is 1.36 bits per heavy atom. The zero-order valence-corrected chi connectivity index (χ0v) is 8.79. The second kappa shape index (κ2) is 3.05. The molecular weight excluding hydrogens is 178 g/mol. The highest BCUT2D eigenvalue weighted by Gasteiger charge is 2.47. The van der Waals surface area contributed by atoms with Crippen molar-refractivity contribution in [3.63, 3.8) is 0 Å². The van der Waals surface area contributed by atoms with Crippen LogP contribution in [0.2, 0.25) is 0 Å². The van der Waals surface area contributed by atoms with Gasteiger partial charge in [-0.05, 0) is 18.3 Å². The van der Waals surface area contributed by atoms with Crippen LogP contribution in [0.15, 0.2) is 10.9 Å². The Morgan fingerprint density at radius 2 is 2.07 bits per heavy atom. The molecule has 1 aliphatic rings. The average molecular weight is 195 g/mol. The zero-order chi connectivity index (χ0) is 10.2. The molecule has 14 heavy (non-hydrogen) atoms. The van der Waals surface area contributed by atoms with Gasteiger partial charge in [-0.2, -0.15) is 4.98 Å². The third-order valence-corrected chi connectivity index (χ3v) is 3.59. The molecule has 1 fully saturated rings. The van der Waals surface area contributed by atoms with E-state index in [-0.39, 0.29) is 5.41 Å². The van der Waals surface area contributed by atoms with Crippen LogP contribution in [0.3, 0.4) is 0 Å². The van der Waals surface area contributed by atoms with Crippen molar-refractivity contribution in [2.24, 2.45) is 11.1 Å². The lowest BCUT2D eigenvalue weighted by Crippen LogP contribution is -2.52. The summed E-state index contributed by atoms with van der Waals surface area (Å²) in [6, 6.07) is 0. The van der Waals surface area contributed by atoms with Crippen molar-refractivity contribution >= 4 is 0 Å². The molecule has 0 saturated heterocycles. The normalized spacial score (nSPS) is 31.6. The Kier molecular flexibility index (Phi) is 2.10. The first-order chi connectivity index (χ1) is 6.56. The number of hydrogen-bond donors (Lipinski definition) is 1. The average Bonchev–Trinajstić information content (AvgIpc) is 2.63. The van der Waals surface area contributed by atoms with Gasteiger partial charge < -0.3 is 10.3 Å². The fourth-order valence-electron chi connectivity index (χ4n) is 2.31. The summed E-state index contributed by atoms with van der Waals surface area (Å²) in [6.45, 7) is 4.37. The molecule has 1 aromatic rings. The van der Waals surface area contributed by atoms with Gasteiger partial charge in [-0.15, -0.1) is 0 Å². The van der Waals surface area contributed by atoms with Crippen molar-refractivity contribution in [2.75, 3.05) is 0 Å². The molecule has 1 heterocycles. The van der Waals surface area contributed by atoms with Crippen LogP contribution >= 0.6 is 0 Å². The third kappa shape index (κ3) is 1.25. The lowest BCUT2D eigenvalue weighted by atomic mass is 9.63. The highest BCUT2D eigenvalue weighted by Crippen LogP contribution is 2.47. The number of aromatic nitrogens is 2. The van der Waals surface area contributed by atoms with E-state index in [2.05, 4.69) is 24.0 Å². The smallest absolute Gasteiger partial charge is 0.213 e. The van der Waals surface area contributed by atoms with Crippen LogP contribution in [0.1, 0.15) is 45.4 Å². The Bertz CT molecular complexity index is 307. The van der Waals surface area contributed by atoms with E-state index in [1.54, 1.807) is 0 Å². The Balaban J connectivity index is 2.37. The fraction of sp³-hybridized carbons (Fsp3) is 0.800. The van der Waals surface area contributed by atoms with Crippen LogP contribution in [0.5, 0.6) is 0 Å². The van der Waals surface area contributed by atoms with Crippen molar-refractivity contribution in [1.82, 2.24) is 10.1 Å². The minimum atomic E-state index is -0.418. The molecule has 0 bridgehead atoms. The first kappa shape index (κ1) is 9.65. The summed E-state index contributed by atoms with van der Waals surface area (Å²) in [5.74, 6) is 0.655. The highest BCUT2D eigenvalue weighted by molar-refractivity contribution is 5.11. The van der Waals surface area contributed by atoms with E-state index >= 15 is 0 Å². The molecule has 1 aliphatic carbocycles. The molecule has 78 valence electrons. The molecule has 0 amide bonds.